The first-order chi connectivity index (χ1) is 13.6. The van der Waals surface area contributed by atoms with Crippen LogP contribution in [-0.4, -0.2) is 36.7 Å². The molecule has 0 bridgehead atoms. The highest BCUT2D eigenvalue weighted by Crippen LogP contribution is 2.28. The predicted molar refractivity (Wildman–Crippen MR) is 102 cm³/mol. The second-order valence-electron chi connectivity index (χ2n) is 6.71. The van der Waals surface area contributed by atoms with E-state index in [1.807, 2.05) is 0 Å². The molecule has 0 radical (unpaired) electrons. The molecule has 10 nitrogen and oxygen atoms in total. The van der Waals surface area contributed by atoms with Gasteiger partial charge < -0.3 is 9.47 Å². The average molecular weight is 423 g/mol. The van der Waals surface area contributed by atoms with Crippen LogP contribution in [0.2, 0.25) is 0 Å². The Balaban J connectivity index is 1.84. The van der Waals surface area contributed by atoms with Crippen LogP contribution < -0.4 is 20.7 Å². The minimum Gasteiger partial charge on any atom is -0.495 e. The normalized spacial score (nSPS) is 13.9. The van der Waals surface area contributed by atoms with Gasteiger partial charge in [0.15, 0.2) is 0 Å². The Kier molecular flexibility index (Phi) is 5.62. The molecule has 3 rings (SSSR count). The average Bonchev–Trinajstić information content (AvgIpc) is 3.50. The van der Waals surface area contributed by atoms with Gasteiger partial charge in [-0.3, -0.25) is 13.9 Å². The van der Waals surface area contributed by atoms with Crippen molar-refractivity contribution in [1.29, 1.82) is 0 Å². The number of rotatable bonds is 7. The number of hydrogen-bond donors (Lipinski definition) is 1. The third kappa shape index (κ3) is 4.40. The van der Waals surface area contributed by atoms with E-state index < -0.39 is 27.2 Å². The SMILES string of the molecule is COc1ccc(C(=O)OCc2cc(=O)n(C)c(=O)n2C)cc1S(=O)(=O)NC1CC1. The van der Waals surface area contributed by atoms with E-state index in [2.05, 4.69) is 4.72 Å². The van der Waals surface area contributed by atoms with E-state index in [4.69, 9.17) is 9.47 Å². The second-order valence-corrected chi connectivity index (χ2v) is 8.39. The summed E-state index contributed by atoms with van der Waals surface area (Å²) in [5.74, 6) is -0.702. The van der Waals surface area contributed by atoms with Crippen molar-refractivity contribution in [2.45, 2.75) is 30.4 Å². The molecule has 1 aromatic heterocycles. The molecule has 1 N–H and O–H groups in total. The largest absolute Gasteiger partial charge is 0.495 e. The first kappa shape index (κ1) is 20.8. The summed E-state index contributed by atoms with van der Waals surface area (Å²) in [5, 5.41) is 0. The van der Waals surface area contributed by atoms with E-state index in [-0.39, 0.29) is 34.6 Å². The van der Waals surface area contributed by atoms with Gasteiger partial charge in [0.25, 0.3) is 5.56 Å². The van der Waals surface area contributed by atoms with Crippen LogP contribution in [0.25, 0.3) is 0 Å². The van der Waals surface area contributed by atoms with Gasteiger partial charge in [0, 0.05) is 26.2 Å². The monoisotopic (exact) mass is 423 g/mol. The van der Waals surface area contributed by atoms with Gasteiger partial charge in [-0.25, -0.2) is 22.7 Å². The molecule has 1 saturated carbocycles. The molecule has 0 unspecified atom stereocenters. The van der Waals surface area contributed by atoms with Gasteiger partial charge in [0.1, 0.15) is 17.3 Å². The molecule has 1 fully saturated rings. The maximum absolute atomic E-state index is 12.5. The van der Waals surface area contributed by atoms with Gasteiger partial charge in [-0.2, -0.15) is 0 Å². The van der Waals surface area contributed by atoms with Crippen LogP contribution in [0.15, 0.2) is 38.8 Å². The van der Waals surface area contributed by atoms with Gasteiger partial charge in [-0.05, 0) is 31.0 Å². The number of ether oxygens (including phenoxy) is 2. The standard InChI is InChI=1S/C18H21N3O7S/c1-20-13(9-16(22)21(2)18(20)24)10-28-17(23)11-4-7-14(27-3)15(8-11)29(25,26)19-12-5-6-12/h4,7-9,12,19H,5-6,10H2,1-3H3. The molecule has 11 heteroatoms. The third-order valence-electron chi connectivity index (χ3n) is 4.56. The van der Waals surface area contributed by atoms with Crippen LogP contribution in [0, 0.1) is 0 Å². The molecular weight excluding hydrogens is 402 g/mol. The summed E-state index contributed by atoms with van der Waals surface area (Å²) in [5.41, 5.74) is -0.866. The number of esters is 1. The van der Waals surface area contributed by atoms with Crippen LogP contribution >= 0.6 is 0 Å². The fourth-order valence-electron chi connectivity index (χ4n) is 2.64. The molecule has 29 heavy (non-hydrogen) atoms. The molecule has 0 amide bonds. The molecule has 1 aliphatic rings. The molecule has 1 heterocycles. The minimum atomic E-state index is -3.86. The fraction of sp³-hybridized carbons (Fsp3) is 0.389. The minimum absolute atomic E-state index is 0.00388. The lowest BCUT2D eigenvalue weighted by atomic mass is 10.2. The van der Waals surface area contributed by atoms with Crippen molar-refractivity contribution in [3.8, 4) is 5.75 Å². The molecule has 0 aliphatic heterocycles. The van der Waals surface area contributed by atoms with E-state index in [9.17, 15) is 22.8 Å². The van der Waals surface area contributed by atoms with Crippen molar-refractivity contribution in [3.63, 3.8) is 0 Å². The van der Waals surface area contributed by atoms with Crippen molar-refractivity contribution in [2.75, 3.05) is 7.11 Å². The Morgan fingerprint density at radius 2 is 1.86 bits per heavy atom. The molecule has 1 aromatic carbocycles. The zero-order valence-corrected chi connectivity index (χ0v) is 17.0. The number of sulfonamides is 1. The molecule has 1 aliphatic carbocycles. The lowest BCUT2D eigenvalue weighted by Crippen LogP contribution is -2.38. The maximum Gasteiger partial charge on any atom is 0.338 e. The van der Waals surface area contributed by atoms with E-state index in [1.54, 1.807) is 0 Å². The maximum atomic E-state index is 12.5. The smallest absolute Gasteiger partial charge is 0.338 e. The highest BCUT2D eigenvalue weighted by Gasteiger charge is 2.30. The van der Waals surface area contributed by atoms with Crippen molar-refractivity contribution >= 4 is 16.0 Å². The summed E-state index contributed by atoms with van der Waals surface area (Å²) in [7, 11) is 0.269. The van der Waals surface area contributed by atoms with Crippen LogP contribution in [0.4, 0.5) is 0 Å². The van der Waals surface area contributed by atoms with Gasteiger partial charge >= 0.3 is 11.7 Å². The van der Waals surface area contributed by atoms with Crippen molar-refractivity contribution in [1.82, 2.24) is 13.9 Å². The number of hydrogen-bond acceptors (Lipinski definition) is 7. The molecule has 0 atom stereocenters. The summed E-state index contributed by atoms with van der Waals surface area (Å²) in [6, 6.07) is 5.00. The van der Waals surface area contributed by atoms with Crippen LogP contribution in [0.1, 0.15) is 28.9 Å². The van der Waals surface area contributed by atoms with Gasteiger partial charge in [0.05, 0.1) is 18.4 Å². The zero-order valence-electron chi connectivity index (χ0n) is 16.2. The predicted octanol–water partition coefficient (Wildman–Crippen LogP) is -0.110. The van der Waals surface area contributed by atoms with Crippen molar-refractivity contribution in [2.24, 2.45) is 14.1 Å². The first-order valence-electron chi connectivity index (χ1n) is 8.77. The number of carbonyl (C=O) groups is 1. The summed E-state index contributed by atoms with van der Waals surface area (Å²) in [4.78, 5) is 36.0. The van der Waals surface area contributed by atoms with Crippen LogP contribution in [0.3, 0.4) is 0 Å². The van der Waals surface area contributed by atoms with Gasteiger partial charge in [0.2, 0.25) is 10.0 Å². The zero-order chi connectivity index (χ0) is 21.3. The summed E-state index contributed by atoms with van der Waals surface area (Å²) < 4.78 is 40.0. The van der Waals surface area contributed by atoms with E-state index in [1.165, 1.54) is 50.0 Å². The number of nitrogens with one attached hydrogen (secondary N) is 1. The van der Waals surface area contributed by atoms with E-state index in [0.29, 0.717) is 0 Å². The van der Waals surface area contributed by atoms with Crippen molar-refractivity contribution in [3.05, 3.63) is 56.4 Å². The summed E-state index contributed by atoms with van der Waals surface area (Å²) >= 11 is 0. The molecule has 2 aromatic rings. The highest BCUT2D eigenvalue weighted by atomic mass is 32.2. The topological polar surface area (TPSA) is 126 Å². The Morgan fingerprint density at radius 3 is 2.48 bits per heavy atom. The lowest BCUT2D eigenvalue weighted by molar-refractivity contribution is 0.0462. The molecule has 0 spiro atoms. The molecule has 156 valence electrons. The first-order valence-corrected chi connectivity index (χ1v) is 10.3. The summed E-state index contributed by atoms with van der Waals surface area (Å²) in [6.45, 7) is -0.324. The van der Waals surface area contributed by atoms with E-state index in [0.717, 1.165) is 17.4 Å². The third-order valence-corrected chi connectivity index (χ3v) is 6.11. The number of methoxy groups -OCH3 is 1. The Bertz CT molecular complexity index is 1180. The van der Waals surface area contributed by atoms with Crippen LogP contribution in [-0.2, 0) is 35.5 Å². The summed E-state index contributed by atoms with van der Waals surface area (Å²) in [6.07, 6.45) is 1.52. The number of carbonyl (C=O) groups excluding carboxylic acids is 1. The number of benzene rings is 1. The second kappa shape index (κ2) is 7.84. The lowest BCUT2D eigenvalue weighted by Gasteiger charge is -2.13. The van der Waals surface area contributed by atoms with Crippen molar-refractivity contribution < 1.29 is 22.7 Å². The fourth-order valence-corrected chi connectivity index (χ4v) is 4.14. The van der Waals surface area contributed by atoms with E-state index >= 15 is 0 Å². The highest BCUT2D eigenvalue weighted by molar-refractivity contribution is 7.89. The molecular formula is C18H21N3O7S. The van der Waals surface area contributed by atoms with Gasteiger partial charge in [-0.15, -0.1) is 0 Å². The number of aromatic nitrogens is 2. The Hall–Kier alpha value is -2.92. The quantitative estimate of drug-likeness (QED) is 0.616. The molecule has 0 saturated heterocycles. The van der Waals surface area contributed by atoms with Crippen LogP contribution in [0.5, 0.6) is 5.75 Å². The Labute approximate surface area is 166 Å². The number of nitrogens with zero attached hydrogens (tertiary/aromatic N) is 2. The Morgan fingerprint density at radius 1 is 1.17 bits per heavy atom. The van der Waals surface area contributed by atoms with Gasteiger partial charge in [-0.1, -0.05) is 0 Å².